The highest BCUT2D eigenvalue weighted by Crippen LogP contribution is 2.17. The van der Waals surface area contributed by atoms with Gasteiger partial charge in [0.1, 0.15) is 5.75 Å². The van der Waals surface area contributed by atoms with E-state index in [-0.39, 0.29) is 24.8 Å². The zero-order valence-corrected chi connectivity index (χ0v) is 14.3. The van der Waals surface area contributed by atoms with E-state index in [0.29, 0.717) is 17.5 Å². The number of carbonyl (C=O) groups is 2. The number of nitrogens with one attached hydrogen (secondary N) is 2. The van der Waals surface area contributed by atoms with Crippen LogP contribution in [0.5, 0.6) is 5.75 Å². The maximum atomic E-state index is 11.9. The lowest BCUT2D eigenvalue weighted by molar-refractivity contribution is -0.123. The van der Waals surface area contributed by atoms with Crippen LogP contribution >= 0.6 is 0 Å². The Morgan fingerprint density at radius 3 is 2.62 bits per heavy atom. The Hall–Kier alpha value is -2.37. The summed E-state index contributed by atoms with van der Waals surface area (Å²) in [5.41, 5.74) is 3.95. The Morgan fingerprint density at radius 2 is 1.92 bits per heavy atom. The highest BCUT2D eigenvalue weighted by molar-refractivity contribution is 6.00. The Morgan fingerprint density at radius 1 is 1.21 bits per heavy atom. The van der Waals surface area contributed by atoms with Gasteiger partial charge in [0.25, 0.3) is 5.91 Å². The van der Waals surface area contributed by atoms with Crippen LogP contribution in [0.25, 0.3) is 0 Å². The molecule has 1 saturated carbocycles. The molecule has 0 heterocycles. The molecule has 1 aromatic rings. The number of nitrogens with zero attached hydrogens (tertiary/aromatic N) is 1. The molecule has 0 atom stereocenters. The lowest BCUT2D eigenvalue weighted by atomic mass is 10.2. The molecule has 1 aliphatic carbocycles. The van der Waals surface area contributed by atoms with Crippen LogP contribution in [-0.4, -0.2) is 30.2 Å². The molecule has 6 nitrogen and oxygen atoms in total. The van der Waals surface area contributed by atoms with Crippen LogP contribution in [0.3, 0.4) is 0 Å². The molecule has 1 fully saturated rings. The number of aryl methyl sites for hydroxylation is 1. The highest BCUT2D eigenvalue weighted by atomic mass is 16.5. The van der Waals surface area contributed by atoms with Gasteiger partial charge in [0.2, 0.25) is 5.91 Å². The predicted molar refractivity (Wildman–Crippen MR) is 92.9 cm³/mol. The minimum absolute atomic E-state index is 0.0476. The topological polar surface area (TPSA) is 79.8 Å². The number of rotatable bonds is 7. The van der Waals surface area contributed by atoms with Crippen LogP contribution in [-0.2, 0) is 9.59 Å². The Bertz CT molecular complexity index is 607. The molecule has 2 N–H and O–H groups in total. The molecule has 24 heavy (non-hydrogen) atoms. The van der Waals surface area contributed by atoms with Crippen LogP contribution < -0.4 is 15.5 Å². The fourth-order valence-electron chi connectivity index (χ4n) is 2.67. The fraction of sp³-hybridized carbons (Fsp3) is 0.500. The number of carbonyl (C=O) groups excluding carboxylic acids is 2. The number of ether oxygens (including phenoxy) is 1. The average Bonchev–Trinajstić information content (AvgIpc) is 3.05. The minimum Gasteiger partial charge on any atom is -0.483 e. The van der Waals surface area contributed by atoms with Crippen LogP contribution in [0, 0.1) is 6.92 Å². The number of hydrazone groups is 1. The molecule has 0 radical (unpaired) electrons. The van der Waals surface area contributed by atoms with Gasteiger partial charge in [-0.25, -0.2) is 5.43 Å². The molecule has 0 spiro atoms. The fourth-order valence-corrected chi connectivity index (χ4v) is 2.67. The third-order valence-corrected chi connectivity index (χ3v) is 3.96. The first-order valence-electron chi connectivity index (χ1n) is 8.34. The third kappa shape index (κ3) is 6.02. The predicted octanol–water partition coefficient (Wildman–Crippen LogP) is 2.31. The number of hydrogen-bond acceptors (Lipinski definition) is 4. The van der Waals surface area contributed by atoms with Crippen molar-refractivity contribution in [1.82, 2.24) is 10.7 Å². The second-order valence-corrected chi connectivity index (χ2v) is 6.16. The summed E-state index contributed by atoms with van der Waals surface area (Å²) in [6.07, 6.45) is 4.64. The van der Waals surface area contributed by atoms with E-state index < -0.39 is 0 Å². The largest absolute Gasteiger partial charge is 0.483 e. The van der Waals surface area contributed by atoms with E-state index in [1.807, 2.05) is 31.2 Å². The SMILES string of the molecule is CC(CC(=O)NC1CCCC1)=NNC(=O)COc1ccccc1C. The van der Waals surface area contributed by atoms with E-state index in [1.165, 1.54) is 12.8 Å². The quantitative estimate of drug-likeness (QED) is 0.594. The molecule has 1 aliphatic rings. The number of amides is 2. The first kappa shape index (κ1) is 18.0. The molecule has 6 heteroatoms. The number of benzene rings is 1. The molecule has 0 aliphatic heterocycles. The number of para-hydroxylation sites is 1. The third-order valence-electron chi connectivity index (χ3n) is 3.96. The highest BCUT2D eigenvalue weighted by Gasteiger charge is 2.17. The minimum atomic E-state index is -0.353. The summed E-state index contributed by atoms with van der Waals surface area (Å²) in [6.45, 7) is 3.52. The van der Waals surface area contributed by atoms with Crippen molar-refractivity contribution in [1.29, 1.82) is 0 Å². The van der Waals surface area contributed by atoms with Gasteiger partial charge in [-0.2, -0.15) is 5.10 Å². The normalized spacial score (nSPS) is 15.2. The van der Waals surface area contributed by atoms with Gasteiger partial charge >= 0.3 is 0 Å². The summed E-state index contributed by atoms with van der Waals surface area (Å²) in [6, 6.07) is 7.78. The summed E-state index contributed by atoms with van der Waals surface area (Å²) in [7, 11) is 0. The van der Waals surface area contributed by atoms with Crippen molar-refractivity contribution in [2.75, 3.05) is 6.61 Å². The molecule has 0 saturated heterocycles. The van der Waals surface area contributed by atoms with Gasteiger partial charge < -0.3 is 10.1 Å². The second kappa shape index (κ2) is 9.05. The van der Waals surface area contributed by atoms with E-state index in [9.17, 15) is 9.59 Å². The molecular formula is C18H25N3O3. The Labute approximate surface area is 142 Å². The van der Waals surface area contributed by atoms with Gasteiger partial charge in [0, 0.05) is 11.8 Å². The van der Waals surface area contributed by atoms with E-state index in [2.05, 4.69) is 15.8 Å². The zero-order chi connectivity index (χ0) is 17.4. The lowest BCUT2D eigenvalue weighted by Crippen LogP contribution is -2.34. The average molecular weight is 331 g/mol. The van der Waals surface area contributed by atoms with E-state index in [0.717, 1.165) is 18.4 Å². The lowest BCUT2D eigenvalue weighted by Gasteiger charge is -2.11. The Balaban J connectivity index is 1.70. The molecule has 2 rings (SSSR count). The van der Waals surface area contributed by atoms with Crippen molar-refractivity contribution < 1.29 is 14.3 Å². The van der Waals surface area contributed by atoms with E-state index >= 15 is 0 Å². The molecule has 0 unspecified atom stereocenters. The smallest absolute Gasteiger partial charge is 0.277 e. The van der Waals surface area contributed by atoms with E-state index in [1.54, 1.807) is 6.92 Å². The summed E-state index contributed by atoms with van der Waals surface area (Å²) in [4.78, 5) is 23.6. The van der Waals surface area contributed by atoms with E-state index in [4.69, 9.17) is 4.74 Å². The van der Waals surface area contributed by atoms with Crippen molar-refractivity contribution in [3.05, 3.63) is 29.8 Å². The maximum Gasteiger partial charge on any atom is 0.277 e. The van der Waals surface area contributed by atoms with Crippen molar-refractivity contribution in [3.8, 4) is 5.75 Å². The van der Waals surface area contributed by atoms with Gasteiger partial charge in [-0.05, 0) is 38.3 Å². The summed E-state index contributed by atoms with van der Waals surface area (Å²) >= 11 is 0. The van der Waals surface area contributed by atoms with Gasteiger partial charge in [-0.1, -0.05) is 31.0 Å². The van der Waals surface area contributed by atoms with Crippen LogP contribution in [0.15, 0.2) is 29.4 Å². The monoisotopic (exact) mass is 331 g/mol. The van der Waals surface area contributed by atoms with Crippen molar-refractivity contribution >= 4 is 17.5 Å². The molecule has 2 amide bonds. The van der Waals surface area contributed by atoms with Crippen molar-refractivity contribution in [3.63, 3.8) is 0 Å². The summed E-state index contributed by atoms with van der Waals surface area (Å²) in [5, 5.41) is 6.94. The zero-order valence-electron chi connectivity index (χ0n) is 14.3. The van der Waals surface area contributed by atoms with Crippen LogP contribution in [0.4, 0.5) is 0 Å². The van der Waals surface area contributed by atoms with Gasteiger partial charge in [0.05, 0.1) is 6.42 Å². The van der Waals surface area contributed by atoms with Crippen molar-refractivity contribution in [2.24, 2.45) is 5.10 Å². The second-order valence-electron chi connectivity index (χ2n) is 6.16. The summed E-state index contributed by atoms with van der Waals surface area (Å²) in [5.74, 6) is 0.270. The van der Waals surface area contributed by atoms with Crippen molar-refractivity contribution in [2.45, 2.75) is 52.0 Å². The molecule has 130 valence electrons. The first-order chi connectivity index (χ1) is 11.5. The molecular weight excluding hydrogens is 306 g/mol. The molecule has 0 bridgehead atoms. The Kier molecular flexibility index (Phi) is 6.78. The maximum absolute atomic E-state index is 11.9. The summed E-state index contributed by atoms with van der Waals surface area (Å²) < 4.78 is 5.44. The van der Waals surface area contributed by atoms with Gasteiger partial charge in [0.15, 0.2) is 6.61 Å². The molecule has 1 aromatic carbocycles. The van der Waals surface area contributed by atoms with Crippen LogP contribution in [0.1, 0.15) is 44.6 Å². The van der Waals surface area contributed by atoms with Gasteiger partial charge in [-0.15, -0.1) is 0 Å². The number of hydrogen-bond donors (Lipinski definition) is 2. The standard InChI is InChI=1S/C18H25N3O3/c1-13-7-3-6-10-16(13)24-12-18(23)21-20-14(2)11-17(22)19-15-8-4-5-9-15/h3,6-7,10,15H,4-5,8-9,11-12H2,1-2H3,(H,19,22)(H,21,23). The van der Waals surface area contributed by atoms with Gasteiger partial charge in [-0.3, -0.25) is 9.59 Å². The van der Waals surface area contributed by atoms with Crippen LogP contribution in [0.2, 0.25) is 0 Å². The first-order valence-corrected chi connectivity index (χ1v) is 8.34. The molecule has 0 aromatic heterocycles.